The smallest absolute Gasteiger partial charge is 0.204 e. The van der Waals surface area contributed by atoms with E-state index in [-0.39, 0.29) is 35.4 Å². The molecule has 0 saturated carbocycles. The minimum Gasteiger partial charge on any atom is -0.352 e. The Labute approximate surface area is 182 Å². The number of Topliss-reactive ketones (excluding diaryl/α,β-unsaturated/α-hetero) is 1. The van der Waals surface area contributed by atoms with Gasteiger partial charge in [0.2, 0.25) is 11.5 Å². The molecule has 0 spiro atoms. The van der Waals surface area contributed by atoms with Crippen LogP contribution in [0.5, 0.6) is 0 Å². The van der Waals surface area contributed by atoms with E-state index in [1.54, 1.807) is 24.5 Å². The number of carbonyl (C=O) groups excluding carboxylic acids is 1. The minimum absolute atomic E-state index is 0.0105. The minimum atomic E-state index is -0.355. The Bertz CT molecular complexity index is 1300. The number of halogens is 1. The van der Waals surface area contributed by atoms with Crippen LogP contribution < -0.4 is 10.2 Å². The number of nitrogens with zero attached hydrogens (tertiary/aromatic N) is 4. The molecule has 4 aromatic rings. The van der Waals surface area contributed by atoms with Gasteiger partial charge in [0.25, 0.3) is 0 Å². The number of anilines is 1. The van der Waals surface area contributed by atoms with Crippen molar-refractivity contribution in [3.63, 3.8) is 0 Å². The molecule has 2 N–H and O–H groups in total. The number of hydrogen-bond donors (Lipinski definition) is 2. The molecule has 0 bridgehead atoms. The van der Waals surface area contributed by atoms with Crippen molar-refractivity contribution < 1.29 is 13.7 Å². The lowest BCUT2D eigenvalue weighted by atomic mass is 9.80. The van der Waals surface area contributed by atoms with Gasteiger partial charge in [-0.15, -0.1) is 0 Å². The Morgan fingerprint density at radius 1 is 1.19 bits per heavy atom. The molecule has 5 heterocycles. The van der Waals surface area contributed by atoms with Crippen LogP contribution in [0.1, 0.15) is 23.4 Å². The van der Waals surface area contributed by atoms with E-state index in [2.05, 4.69) is 30.3 Å². The number of benzene rings is 1. The van der Waals surface area contributed by atoms with Gasteiger partial charge in [-0.3, -0.25) is 10.1 Å². The van der Waals surface area contributed by atoms with Crippen molar-refractivity contribution in [1.29, 1.82) is 0 Å². The van der Waals surface area contributed by atoms with Crippen molar-refractivity contribution in [3.8, 4) is 11.3 Å². The third kappa shape index (κ3) is 3.08. The van der Waals surface area contributed by atoms with Gasteiger partial charge in [0, 0.05) is 36.2 Å². The maximum absolute atomic E-state index is 13.6. The maximum atomic E-state index is 13.6. The van der Waals surface area contributed by atoms with Gasteiger partial charge < -0.3 is 14.4 Å². The molecule has 162 valence electrons. The zero-order valence-corrected chi connectivity index (χ0v) is 17.2. The second kappa shape index (κ2) is 7.52. The highest BCUT2D eigenvalue weighted by atomic mass is 19.1. The van der Waals surface area contributed by atoms with E-state index < -0.39 is 0 Å². The van der Waals surface area contributed by atoms with Crippen molar-refractivity contribution in [1.82, 2.24) is 25.4 Å². The van der Waals surface area contributed by atoms with Crippen molar-refractivity contribution in [2.24, 2.45) is 11.8 Å². The summed E-state index contributed by atoms with van der Waals surface area (Å²) >= 11 is 0. The average Bonchev–Trinajstić information content (AvgIpc) is 3.57. The van der Waals surface area contributed by atoms with E-state index in [1.807, 2.05) is 12.3 Å². The summed E-state index contributed by atoms with van der Waals surface area (Å²) in [6.07, 6.45) is 5.03. The van der Waals surface area contributed by atoms with Gasteiger partial charge in [-0.1, -0.05) is 17.3 Å². The lowest BCUT2D eigenvalue weighted by Gasteiger charge is -2.37. The Hall–Kier alpha value is -3.59. The number of nitrogens with one attached hydrogen (secondary N) is 2. The van der Waals surface area contributed by atoms with Crippen molar-refractivity contribution in [3.05, 3.63) is 60.5 Å². The van der Waals surface area contributed by atoms with Crippen molar-refractivity contribution in [2.75, 3.05) is 18.0 Å². The van der Waals surface area contributed by atoms with E-state index in [0.29, 0.717) is 11.3 Å². The number of hydrogen-bond acceptors (Lipinski definition) is 7. The van der Waals surface area contributed by atoms with E-state index >= 15 is 0 Å². The number of ketones is 1. The molecule has 6 rings (SSSR count). The number of aromatic nitrogens is 4. The third-order valence-corrected chi connectivity index (χ3v) is 6.59. The number of aromatic amines is 1. The first-order valence-corrected chi connectivity index (χ1v) is 10.7. The highest BCUT2D eigenvalue weighted by Crippen LogP contribution is 2.39. The number of rotatable bonds is 4. The second-order valence-corrected chi connectivity index (χ2v) is 8.33. The summed E-state index contributed by atoms with van der Waals surface area (Å²) in [5.74, 6) is 0.645. The Kier molecular flexibility index (Phi) is 4.50. The first-order chi connectivity index (χ1) is 15.7. The van der Waals surface area contributed by atoms with E-state index in [0.717, 1.165) is 42.8 Å². The van der Waals surface area contributed by atoms with Crippen molar-refractivity contribution >= 4 is 22.6 Å². The van der Waals surface area contributed by atoms with Gasteiger partial charge in [-0.2, -0.15) is 0 Å². The molecule has 8 nitrogen and oxygen atoms in total. The molecule has 3 aromatic heterocycles. The Balaban J connectivity index is 1.26. The monoisotopic (exact) mass is 432 g/mol. The van der Waals surface area contributed by atoms with Gasteiger partial charge in [-0.25, -0.2) is 14.4 Å². The van der Waals surface area contributed by atoms with Crippen LogP contribution >= 0.6 is 0 Å². The fourth-order valence-electron chi connectivity index (χ4n) is 5.11. The molecule has 1 aromatic carbocycles. The van der Waals surface area contributed by atoms with E-state index in [9.17, 15) is 9.18 Å². The average molecular weight is 432 g/mol. The van der Waals surface area contributed by atoms with Crippen LogP contribution in [0.3, 0.4) is 0 Å². The normalized spacial score (nSPS) is 22.9. The van der Waals surface area contributed by atoms with Crippen LogP contribution in [-0.2, 0) is 0 Å². The number of piperidine rings is 1. The van der Waals surface area contributed by atoms with Crippen LogP contribution in [0.15, 0.2) is 53.4 Å². The van der Waals surface area contributed by atoms with Crippen LogP contribution in [-0.4, -0.2) is 45.1 Å². The van der Waals surface area contributed by atoms with Crippen LogP contribution in [0.25, 0.3) is 22.3 Å². The molecular formula is C23H21FN6O2. The topological polar surface area (TPSA) is 99.9 Å². The standard InChI is InChI=1S/C23H21FN6O2/c24-14-3-1-2-13(10-14)18-11-19(32-29-18)20(31)15-4-8-26-22-16(15)6-9-30(22)23-17-5-7-25-21(17)27-12-28-23/h1-3,5,7,10-12,15-16,22,26H,4,6,8-9H2,(H,25,27,28)/t15?,16-,22-/m1/s1. The third-order valence-electron chi connectivity index (χ3n) is 6.59. The highest BCUT2D eigenvalue weighted by Gasteiger charge is 2.45. The van der Waals surface area contributed by atoms with Gasteiger partial charge in [-0.05, 0) is 37.6 Å². The molecule has 2 aliphatic rings. The Morgan fingerprint density at radius 2 is 2.12 bits per heavy atom. The maximum Gasteiger partial charge on any atom is 0.204 e. The zero-order chi connectivity index (χ0) is 21.7. The molecule has 2 fully saturated rings. The molecule has 9 heteroatoms. The van der Waals surface area contributed by atoms with Gasteiger partial charge in [0.05, 0.1) is 11.6 Å². The fraction of sp³-hybridized carbons (Fsp3) is 0.304. The highest BCUT2D eigenvalue weighted by molar-refractivity contribution is 5.96. The number of fused-ring (bicyclic) bond motifs is 2. The molecule has 32 heavy (non-hydrogen) atoms. The molecule has 0 amide bonds. The molecular weight excluding hydrogens is 411 g/mol. The lowest BCUT2D eigenvalue weighted by Crippen LogP contribution is -2.52. The second-order valence-electron chi connectivity index (χ2n) is 8.33. The zero-order valence-electron chi connectivity index (χ0n) is 17.2. The van der Waals surface area contributed by atoms with Crippen molar-refractivity contribution in [2.45, 2.75) is 19.0 Å². The first-order valence-electron chi connectivity index (χ1n) is 10.7. The van der Waals surface area contributed by atoms with E-state index in [4.69, 9.17) is 4.52 Å². The summed E-state index contributed by atoms with van der Waals surface area (Å²) in [5, 5.41) is 8.56. The lowest BCUT2D eigenvalue weighted by molar-refractivity contribution is 0.0775. The van der Waals surface area contributed by atoms with E-state index in [1.165, 1.54) is 12.1 Å². The number of carbonyl (C=O) groups is 1. The van der Waals surface area contributed by atoms with Crippen LogP contribution in [0, 0.1) is 17.7 Å². The van der Waals surface area contributed by atoms with Crippen LogP contribution in [0.4, 0.5) is 10.2 Å². The Morgan fingerprint density at radius 3 is 3.03 bits per heavy atom. The molecule has 0 aliphatic carbocycles. The fourth-order valence-corrected chi connectivity index (χ4v) is 5.11. The summed E-state index contributed by atoms with van der Waals surface area (Å²) in [4.78, 5) is 27.6. The number of H-pyrrole nitrogens is 1. The summed E-state index contributed by atoms with van der Waals surface area (Å²) in [6.45, 7) is 1.52. The molecule has 0 radical (unpaired) electrons. The largest absolute Gasteiger partial charge is 0.352 e. The summed E-state index contributed by atoms with van der Waals surface area (Å²) < 4.78 is 19.0. The SMILES string of the molecule is O=C(c1cc(-c2cccc(F)c2)no1)C1CCN[C@H]2[C@@H]1CCN2c1ncnc2[nH]ccc12. The summed E-state index contributed by atoms with van der Waals surface area (Å²) in [7, 11) is 0. The predicted molar refractivity (Wildman–Crippen MR) is 115 cm³/mol. The van der Waals surface area contributed by atoms with Gasteiger partial charge in [0.15, 0.2) is 0 Å². The molecule has 3 atom stereocenters. The van der Waals surface area contributed by atoms with Crippen LogP contribution in [0.2, 0.25) is 0 Å². The summed E-state index contributed by atoms with van der Waals surface area (Å²) in [5.41, 5.74) is 1.85. The molecule has 2 aliphatic heterocycles. The van der Waals surface area contributed by atoms with Gasteiger partial charge in [0.1, 0.15) is 29.3 Å². The predicted octanol–water partition coefficient (Wildman–Crippen LogP) is 3.40. The summed E-state index contributed by atoms with van der Waals surface area (Å²) in [6, 6.07) is 9.70. The molecule has 1 unspecified atom stereocenters. The first kappa shape index (κ1) is 19.1. The molecule has 2 saturated heterocycles. The quantitative estimate of drug-likeness (QED) is 0.477. The van der Waals surface area contributed by atoms with Gasteiger partial charge >= 0.3 is 0 Å².